The minimum atomic E-state index is -1.62. The van der Waals surface area contributed by atoms with Crippen LogP contribution in [0.25, 0.3) is 11.3 Å². The number of thioether (sulfide) groups is 1. The van der Waals surface area contributed by atoms with Crippen LogP contribution < -0.4 is 5.56 Å². The zero-order valence-corrected chi connectivity index (χ0v) is 16.9. The SMILES string of the molecule is O=c1cc(S[C@H]2OC(CO)[C@H](O)C(n3cc(-c4cc(F)c(F)c(F)c4)nn3)[C@@H]2O)cc[nH]1. The summed E-state index contributed by atoms with van der Waals surface area (Å²) < 4.78 is 47.1. The molecule has 0 radical (unpaired) electrons. The molecule has 0 bridgehead atoms. The molecule has 4 rings (SSSR count). The van der Waals surface area contributed by atoms with E-state index in [1.54, 1.807) is 6.07 Å². The Kier molecular flexibility index (Phi) is 6.35. The molecule has 5 atom stereocenters. The number of halogens is 3. The van der Waals surface area contributed by atoms with E-state index in [-0.39, 0.29) is 16.8 Å². The minimum absolute atomic E-state index is 0.0342. The summed E-state index contributed by atoms with van der Waals surface area (Å²) in [6.45, 7) is -0.577. The summed E-state index contributed by atoms with van der Waals surface area (Å²) in [6, 6.07) is 3.20. The summed E-state index contributed by atoms with van der Waals surface area (Å²) in [5, 5.41) is 38.7. The van der Waals surface area contributed by atoms with Crippen LogP contribution in [0.4, 0.5) is 13.2 Å². The third kappa shape index (κ3) is 4.29. The van der Waals surface area contributed by atoms with Crippen LogP contribution >= 0.6 is 11.8 Å². The molecule has 32 heavy (non-hydrogen) atoms. The molecular formula is C19H17F3N4O5S. The van der Waals surface area contributed by atoms with Crippen LogP contribution in [-0.2, 0) is 4.74 Å². The predicted octanol–water partition coefficient (Wildman–Crippen LogP) is 0.823. The Balaban J connectivity index is 1.64. The summed E-state index contributed by atoms with van der Waals surface area (Å²) in [5.74, 6) is -4.44. The molecule has 3 aromatic rings. The van der Waals surface area contributed by atoms with Gasteiger partial charge in [0, 0.05) is 22.7 Å². The molecule has 1 aliphatic heterocycles. The van der Waals surface area contributed by atoms with E-state index in [1.165, 1.54) is 18.5 Å². The Labute approximate surface area is 182 Å². The third-order valence-electron chi connectivity index (χ3n) is 4.94. The van der Waals surface area contributed by atoms with E-state index in [9.17, 15) is 33.3 Å². The molecule has 1 fully saturated rings. The van der Waals surface area contributed by atoms with E-state index in [1.807, 2.05) is 0 Å². The van der Waals surface area contributed by atoms with Gasteiger partial charge in [0.2, 0.25) is 5.56 Å². The fourth-order valence-corrected chi connectivity index (χ4v) is 4.46. The second-order valence-electron chi connectivity index (χ2n) is 7.04. The number of nitrogens with one attached hydrogen (secondary N) is 1. The Morgan fingerprint density at radius 1 is 1.16 bits per heavy atom. The first-order valence-corrected chi connectivity index (χ1v) is 10.2. The summed E-state index contributed by atoms with van der Waals surface area (Å²) in [6.07, 6.45) is -1.26. The van der Waals surface area contributed by atoms with Crippen molar-refractivity contribution in [2.24, 2.45) is 0 Å². The Bertz CT molecular complexity index is 1150. The Hall–Kier alpha value is -2.71. The van der Waals surface area contributed by atoms with Gasteiger partial charge in [-0.15, -0.1) is 5.10 Å². The zero-order valence-electron chi connectivity index (χ0n) is 16.1. The number of H-pyrrole nitrogens is 1. The van der Waals surface area contributed by atoms with Crippen molar-refractivity contribution in [3.05, 3.63) is 64.5 Å². The quantitative estimate of drug-likeness (QED) is 0.403. The van der Waals surface area contributed by atoms with Crippen LogP contribution in [0.3, 0.4) is 0 Å². The van der Waals surface area contributed by atoms with Crippen LogP contribution in [0.1, 0.15) is 6.04 Å². The van der Waals surface area contributed by atoms with Gasteiger partial charge in [-0.05, 0) is 18.2 Å². The topological polar surface area (TPSA) is 133 Å². The van der Waals surface area contributed by atoms with Crippen molar-refractivity contribution >= 4 is 11.8 Å². The summed E-state index contributed by atoms with van der Waals surface area (Å²) in [7, 11) is 0. The molecule has 1 aliphatic rings. The fraction of sp³-hybridized carbons (Fsp3) is 0.316. The molecule has 0 amide bonds. The van der Waals surface area contributed by atoms with Gasteiger partial charge in [0.1, 0.15) is 35.5 Å². The summed E-state index contributed by atoms with van der Waals surface area (Å²) >= 11 is 0.998. The van der Waals surface area contributed by atoms with Crippen molar-refractivity contribution < 1.29 is 33.2 Å². The molecule has 2 unspecified atom stereocenters. The van der Waals surface area contributed by atoms with Crippen molar-refractivity contribution in [1.82, 2.24) is 20.0 Å². The zero-order chi connectivity index (χ0) is 23.0. The summed E-state index contributed by atoms with van der Waals surface area (Å²) in [5.41, 5.74) is -1.50. The van der Waals surface area contributed by atoms with Gasteiger partial charge in [-0.3, -0.25) is 4.79 Å². The first kappa shape index (κ1) is 22.5. The van der Waals surface area contributed by atoms with Gasteiger partial charge in [-0.25, -0.2) is 17.9 Å². The Morgan fingerprint density at radius 3 is 2.53 bits per heavy atom. The van der Waals surface area contributed by atoms with E-state index in [2.05, 4.69) is 15.3 Å². The third-order valence-corrected chi connectivity index (χ3v) is 6.09. The molecule has 9 nitrogen and oxygen atoms in total. The molecule has 0 aliphatic carbocycles. The van der Waals surface area contributed by atoms with Crippen molar-refractivity contribution in [2.45, 2.75) is 34.7 Å². The van der Waals surface area contributed by atoms with E-state index < -0.39 is 53.8 Å². The lowest BCUT2D eigenvalue weighted by molar-refractivity contribution is -0.178. The van der Waals surface area contributed by atoms with Crippen LogP contribution in [0.15, 0.2) is 46.3 Å². The maximum atomic E-state index is 13.6. The van der Waals surface area contributed by atoms with Gasteiger partial charge in [0.25, 0.3) is 0 Å². The second kappa shape index (κ2) is 9.03. The van der Waals surface area contributed by atoms with Gasteiger partial charge in [0.05, 0.1) is 12.8 Å². The molecule has 1 aromatic carbocycles. The molecule has 4 N–H and O–H groups in total. The maximum Gasteiger partial charge on any atom is 0.249 e. The number of rotatable bonds is 5. The first-order valence-electron chi connectivity index (χ1n) is 9.33. The fourth-order valence-electron chi connectivity index (χ4n) is 3.37. The number of aliphatic hydroxyl groups is 3. The van der Waals surface area contributed by atoms with Crippen LogP contribution in [0.5, 0.6) is 0 Å². The molecule has 0 saturated carbocycles. The minimum Gasteiger partial charge on any atom is -0.394 e. The smallest absolute Gasteiger partial charge is 0.249 e. The van der Waals surface area contributed by atoms with Crippen LogP contribution in [0, 0.1) is 17.5 Å². The van der Waals surface area contributed by atoms with Gasteiger partial charge >= 0.3 is 0 Å². The average Bonchev–Trinajstić information content (AvgIpc) is 3.23. The number of pyridine rings is 1. The number of hydrogen-bond acceptors (Lipinski definition) is 8. The highest BCUT2D eigenvalue weighted by Crippen LogP contribution is 2.38. The highest BCUT2D eigenvalue weighted by Gasteiger charge is 2.46. The number of benzene rings is 1. The lowest BCUT2D eigenvalue weighted by atomic mass is 9.97. The average molecular weight is 470 g/mol. The van der Waals surface area contributed by atoms with E-state index in [0.29, 0.717) is 4.90 Å². The molecular weight excluding hydrogens is 453 g/mol. The lowest BCUT2D eigenvalue weighted by Crippen LogP contribution is -2.55. The number of aliphatic hydroxyl groups excluding tert-OH is 3. The normalized spacial score (nSPS) is 25.8. The van der Waals surface area contributed by atoms with E-state index in [4.69, 9.17) is 4.74 Å². The van der Waals surface area contributed by atoms with E-state index in [0.717, 1.165) is 28.6 Å². The van der Waals surface area contributed by atoms with Crippen molar-refractivity contribution in [3.63, 3.8) is 0 Å². The van der Waals surface area contributed by atoms with Gasteiger partial charge in [-0.2, -0.15) is 0 Å². The van der Waals surface area contributed by atoms with Gasteiger partial charge in [-0.1, -0.05) is 17.0 Å². The second-order valence-corrected chi connectivity index (χ2v) is 8.21. The van der Waals surface area contributed by atoms with Crippen molar-refractivity contribution in [2.75, 3.05) is 6.61 Å². The van der Waals surface area contributed by atoms with Crippen LogP contribution in [-0.4, -0.2) is 65.7 Å². The molecule has 170 valence electrons. The van der Waals surface area contributed by atoms with Gasteiger partial charge in [0.15, 0.2) is 17.5 Å². The summed E-state index contributed by atoms with van der Waals surface area (Å²) in [4.78, 5) is 14.5. The number of nitrogens with zero attached hydrogens (tertiary/aromatic N) is 3. The molecule has 0 spiro atoms. The predicted molar refractivity (Wildman–Crippen MR) is 105 cm³/mol. The Morgan fingerprint density at radius 2 is 1.88 bits per heavy atom. The first-order chi connectivity index (χ1) is 15.3. The number of aromatic nitrogens is 4. The highest BCUT2D eigenvalue weighted by atomic mass is 32.2. The monoisotopic (exact) mass is 470 g/mol. The molecule has 1 saturated heterocycles. The molecule has 3 heterocycles. The molecule has 2 aromatic heterocycles. The number of ether oxygens (including phenoxy) is 1. The number of aromatic amines is 1. The van der Waals surface area contributed by atoms with Gasteiger partial charge < -0.3 is 25.0 Å². The van der Waals surface area contributed by atoms with E-state index >= 15 is 0 Å². The van der Waals surface area contributed by atoms with Crippen molar-refractivity contribution in [3.8, 4) is 11.3 Å². The lowest BCUT2D eigenvalue weighted by Gasteiger charge is -2.41. The standard InChI is InChI=1S/C19H17F3N4O5S/c20-10-3-8(4-11(21)15(10)22)12-6-26(25-24-12)16-17(29)13(7-27)31-19(18(16)30)32-9-1-2-23-14(28)5-9/h1-6,13,16-19,27,29-30H,7H2,(H,23,28)/t13?,16?,17-,18-,19+/m0/s1. The molecule has 13 heteroatoms. The largest absolute Gasteiger partial charge is 0.394 e. The highest BCUT2D eigenvalue weighted by molar-refractivity contribution is 7.99. The number of hydrogen-bond donors (Lipinski definition) is 4. The van der Waals surface area contributed by atoms with Crippen LogP contribution in [0.2, 0.25) is 0 Å². The van der Waals surface area contributed by atoms with Crippen molar-refractivity contribution in [1.29, 1.82) is 0 Å². The maximum absolute atomic E-state index is 13.6.